The summed E-state index contributed by atoms with van der Waals surface area (Å²) >= 11 is 10.5. The molecule has 3 nitrogen and oxygen atoms in total. The zero-order chi connectivity index (χ0) is 15.2. The first kappa shape index (κ1) is 16.3. The van der Waals surface area contributed by atoms with Crippen LogP contribution in [0.2, 0.25) is 0 Å². The van der Waals surface area contributed by atoms with Crippen LogP contribution in [-0.2, 0) is 6.54 Å². The summed E-state index contributed by atoms with van der Waals surface area (Å²) in [6, 6.07) is 13.6. The highest BCUT2D eigenvalue weighted by Crippen LogP contribution is 2.35. The van der Waals surface area contributed by atoms with Crippen LogP contribution < -0.4 is 10.1 Å². The zero-order valence-electron chi connectivity index (χ0n) is 10.9. The van der Waals surface area contributed by atoms with Gasteiger partial charge in [-0.3, -0.25) is 0 Å². The van der Waals surface area contributed by atoms with Crippen LogP contribution in [0.3, 0.4) is 0 Å². The second-order valence-corrected chi connectivity index (χ2v) is 6.78. The topological polar surface area (TPSA) is 45.0 Å². The van der Waals surface area contributed by atoms with Gasteiger partial charge >= 0.3 is 0 Å². The quantitative estimate of drug-likeness (QED) is 0.623. The lowest BCUT2D eigenvalue weighted by atomic mass is 10.2. The number of halogens is 3. The lowest BCUT2D eigenvalue weighted by Gasteiger charge is -2.14. The third kappa shape index (κ3) is 4.47. The second-order valence-electron chi connectivity index (χ2n) is 4.15. The van der Waals surface area contributed by atoms with E-state index in [1.807, 2.05) is 42.5 Å². The summed E-state index contributed by atoms with van der Waals surface area (Å²) in [5.41, 5.74) is 1.96. The van der Waals surface area contributed by atoms with Gasteiger partial charge in [0.2, 0.25) is 0 Å². The van der Waals surface area contributed by atoms with Crippen molar-refractivity contribution in [2.75, 3.05) is 11.9 Å². The van der Waals surface area contributed by atoms with Crippen LogP contribution in [0.4, 0.5) is 5.69 Å². The number of nitrogens with one attached hydrogen (secondary N) is 1. The molecule has 0 saturated carbocycles. The average molecular weight is 475 g/mol. The molecule has 0 radical (unpaired) electrons. The second kappa shape index (κ2) is 7.83. The highest BCUT2D eigenvalue weighted by Gasteiger charge is 2.08. The molecule has 0 spiro atoms. The number of hydrogen-bond acceptors (Lipinski definition) is 3. The van der Waals surface area contributed by atoms with E-state index in [2.05, 4.69) is 53.1 Å². The molecule has 0 unspecified atom stereocenters. The summed E-state index contributed by atoms with van der Waals surface area (Å²) in [4.78, 5) is 0. The third-order valence-electron chi connectivity index (χ3n) is 2.73. The maximum absolute atomic E-state index is 8.62. The number of benzene rings is 2. The SMILES string of the molecule is N#CCOc1ccccc1CNc1c(Br)cc(Br)cc1Br. The van der Waals surface area contributed by atoms with Crippen LogP contribution in [-0.4, -0.2) is 6.61 Å². The normalized spacial score (nSPS) is 10.0. The molecule has 0 fully saturated rings. The van der Waals surface area contributed by atoms with Crippen molar-refractivity contribution < 1.29 is 4.74 Å². The molecular weight excluding hydrogens is 464 g/mol. The van der Waals surface area contributed by atoms with E-state index in [1.165, 1.54) is 0 Å². The Hall–Kier alpha value is -1.03. The fraction of sp³-hybridized carbons (Fsp3) is 0.133. The number of para-hydroxylation sites is 1. The molecule has 0 aliphatic rings. The first-order chi connectivity index (χ1) is 10.1. The fourth-order valence-corrected chi connectivity index (χ4v) is 4.33. The molecule has 21 heavy (non-hydrogen) atoms. The number of hydrogen-bond donors (Lipinski definition) is 1. The molecular formula is C15H11Br3N2O. The van der Waals surface area contributed by atoms with Crippen LogP contribution in [0.25, 0.3) is 0 Å². The smallest absolute Gasteiger partial charge is 0.174 e. The summed E-state index contributed by atoms with van der Waals surface area (Å²) in [6.45, 7) is 0.642. The van der Waals surface area contributed by atoms with Gasteiger partial charge in [-0.25, -0.2) is 0 Å². The molecule has 0 atom stereocenters. The van der Waals surface area contributed by atoms with Gasteiger partial charge in [0.1, 0.15) is 11.8 Å². The number of rotatable bonds is 5. The van der Waals surface area contributed by atoms with E-state index in [9.17, 15) is 0 Å². The Kier molecular flexibility index (Phi) is 6.09. The Labute approximate surface area is 148 Å². The monoisotopic (exact) mass is 472 g/mol. The van der Waals surface area contributed by atoms with Crippen molar-refractivity contribution in [2.45, 2.75) is 6.54 Å². The predicted molar refractivity (Wildman–Crippen MR) is 94.4 cm³/mol. The third-order valence-corrected chi connectivity index (χ3v) is 4.44. The van der Waals surface area contributed by atoms with Gasteiger partial charge in [0, 0.05) is 25.5 Å². The van der Waals surface area contributed by atoms with E-state index in [1.54, 1.807) is 0 Å². The summed E-state index contributed by atoms with van der Waals surface area (Å²) in [5.74, 6) is 0.718. The summed E-state index contributed by atoms with van der Waals surface area (Å²) in [6.07, 6.45) is 0. The molecule has 1 N–H and O–H groups in total. The van der Waals surface area contributed by atoms with E-state index < -0.39 is 0 Å². The van der Waals surface area contributed by atoms with Crippen LogP contribution in [0, 0.1) is 11.3 Å². The average Bonchev–Trinajstić information content (AvgIpc) is 2.45. The lowest BCUT2D eigenvalue weighted by molar-refractivity contribution is 0.364. The van der Waals surface area contributed by atoms with E-state index in [0.29, 0.717) is 6.54 Å². The van der Waals surface area contributed by atoms with Crippen LogP contribution in [0.15, 0.2) is 49.8 Å². The minimum absolute atomic E-state index is 0.0443. The molecule has 2 aromatic rings. The van der Waals surface area contributed by atoms with Gasteiger partial charge < -0.3 is 10.1 Å². The van der Waals surface area contributed by atoms with Gasteiger partial charge in [-0.05, 0) is 50.1 Å². The number of nitriles is 1. The molecule has 0 amide bonds. The lowest BCUT2D eigenvalue weighted by Crippen LogP contribution is -2.04. The van der Waals surface area contributed by atoms with Crippen molar-refractivity contribution in [3.8, 4) is 11.8 Å². The maximum Gasteiger partial charge on any atom is 0.174 e. The standard InChI is InChI=1S/C15H11Br3N2O/c16-11-7-12(17)15(13(18)8-11)20-9-10-3-1-2-4-14(10)21-6-5-19/h1-4,7-8,20H,6,9H2. The van der Waals surface area contributed by atoms with Gasteiger partial charge in [0.25, 0.3) is 0 Å². The molecule has 0 heterocycles. The molecule has 108 valence electrons. The van der Waals surface area contributed by atoms with Crippen molar-refractivity contribution in [3.63, 3.8) is 0 Å². The van der Waals surface area contributed by atoms with Gasteiger partial charge in [0.05, 0.1) is 5.69 Å². The first-order valence-electron chi connectivity index (χ1n) is 6.08. The summed E-state index contributed by atoms with van der Waals surface area (Å²) in [5, 5.41) is 12.0. The van der Waals surface area contributed by atoms with E-state index in [-0.39, 0.29) is 6.61 Å². The van der Waals surface area contributed by atoms with Crippen LogP contribution >= 0.6 is 47.8 Å². The zero-order valence-corrected chi connectivity index (χ0v) is 15.6. The summed E-state index contributed by atoms with van der Waals surface area (Å²) in [7, 11) is 0. The van der Waals surface area contributed by atoms with Crippen molar-refractivity contribution in [2.24, 2.45) is 0 Å². The molecule has 0 bridgehead atoms. The Morgan fingerprint density at radius 3 is 2.43 bits per heavy atom. The van der Waals surface area contributed by atoms with Crippen molar-refractivity contribution in [1.29, 1.82) is 5.26 Å². The fourth-order valence-electron chi connectivity index (χ4n) is 1.80. The van der Waals surface area contributed by atoms with Crippen molar-refractivity contribution in [3.05, 3.63) is 55.4 Å². The largest absolute Gasteiger partial charge is 0.478 e. The van der Waals surface area contributed by atoms with E-state index in [4.69, 9.17) is 10.00 Å². The highest BCUT2D eigenvalue weighted by molar-refractivity contribution is 9.11. The van der Waals surface area contributed by atoms with Gasteiger partial charge in [0.15, 0.2) is 6.61 Å². The van der Waals surface area contributed by atoms with Gasteiger partial charge in [-0.2, -0.15) is 5.26 Å². The molecule has 0 aliphatic carbocycles. The maximum atomic E-state index is 8.62. The Balaban J connectivity index is 2.16. The minimum atomic E-state index is 0.0443. The predicted octanol–water partition coefficient (Wildman–Crippen LogP) is 5.49. The highest BCUT2D eigenvalue weighted by atomic mass is 79.9. The van der Waals surface area contributed by atoms with Gasteiger partial charge in [-0.1, -0.05) is 34.1 Å². The summed E-state index contributed by atoms with van der Waals surface area (Å²) < 4.78 is 8.33. The van der Waals surface area contributed by atoms with E-state index >= 15 is 0 Å². The molecule has 0 aliphatic heterocycles. The first-order valence-corrected chi connectivity index (χ1v) is 8.46. The van der Waals surface area contributed by atoms with Gasteiger partial charge in [-0.15, -0.1) is 0 Å². The Morgan fingerprint density at radius 2 is 1.76 bits per heavy atom. The van der Waals surface area contributed by atoms with Crippen LogP contribution in [0.1, 0.15) is 5.56 Å². The number of nitrogens with zero attached hydrogens (tertiary/aromatic N) is 1. The van der Waals surface area contributed by atoms with E-state index in [0.717, 1.165) is 30.4 Å². The van der Waals surface area contributed by atoms with Crippen molar-refractivity contribution >= 4 is 53.5 Å². The minimum Gasteiger partial charge on any atom is -0.478 e. The molecule has 0 saturated heterocycles. The molecule has 2 aromatic carbocycles. The Morgan fingerprint density at radius 1 is 1.10 bits per heavy atom. The van der Waals surface area contributed by atoms with Crippen LogP contribution in [0.5, 0.6) is 5.75 Å². The molecule has 0 aromatic heterocycles. The molecule has 2 rings (SSSR count). The molecule has 6 heteroatoms. The number of ether oxygens (including phenoxy) is 1. The van der Waals surface area contributed by atoms with Crippen molar-refractivity contribution in [1.82, 2.24) is 0 Å². The number of anilines is 1. The Bertz CT molecular complexity index is 660.